The van der Waals surface area contributed by atoms with Gasteiger partial charge in [0.25, 0.3) is 0 Å². The van der Waals surface area contributed by atoms with Gasteiger partial charge in [0.2, 0.25) is 0 Å². The lowest BCUT2D eigenvalue weighted by Gasteiger charge is -2.08. The summed E-state index contributed by atoms with van der Waals surface area (Å²) in [7, 11) is 0. The molecule has 0 atom stereocenters. The van der Waals surface area contributed by atoms with Gasteiger partial charge in [0.05, 0.1) is 21.2 Å². The van der Waals surface area contributed by atoms with Crippen LogP contribution < -0.4 is 0 Å². The Balaban J connectivity index is 2.50. The third-order valence-electron chi connectivity index (χ3n) is 3.18. The van der Waals surface area contributed by atoms with Crippen LogP contribution in [-0.2, 0) is 4.74 Å². The van der Waals surface area contributed by atoms with E-state index < -0.39 is 10.9 Å². The van der Waals surface area contributed by atoms with Crippen molar-refractivity contribution in [3.05, 3.63) is 62.9 Å². The molecule has 0 aliphatic carbocycles. The smallest absolute Gasteiger partial charge is 0.340 e. The molecule has 0 radical (unpaired) electrons. The van der Waals surface area contributed by atoms with Crippen molar-refractivity contribution in [1.82, 2.24) is 9.78 Å². The molecule has 23 heavy (non-hydrogen) atoms. The van der Waals surface area contributed by atoms with Gasteiger partial charge in [0.1, 0.15) is 18.0 Å². The quantitative estimate of drug-likeness (QED) is 0.362. The van der Waals surface area contributed by atoms with Gasteiger partial charge >= 0.3 is 11.7 Å². The first-order chi connectivity index (χ1) is 10.9. The Hall–Kier alpha value is -2.67. The summed E-state index contributed by atoms with van der Waals surface area (Å²) in [5.41, 5.74) is 1.23. The number of benzene rings is 1. The number of ether oxygens (including phenoxy) is 1. The Kier molecular flexibility index (Phi) is 4.80. The maximum absolute atomic E-state index is 12.0. The predicted octanol–water partition coefficient (Wildman–Crippen LogP) is 3.39. The fourth-order valence-corrected chi connectivity index (χ4v) is 2.36. The number of aryl methyl sites for hydroxylation is 1. The lowest BCUT2D eigenvalue weighted by Crippen LogP contribution is -2.08. The van der Waals surface area contributed by atoms with Gasteiger partial charge in [-0.05, 0) is 32.0 Å². The highest BCUT2D eigenvalue weighted by atomic mass is 35.5. The van der Waals surface area contributed by atoms with E-state index in [9.17, 15) is 14.9 Å². The van der Waals surface area contributed by atoms with Crippen molar-refractivity contribution in [2.24, 2.45) is 0 Å². The zero-order valence-corrected chi connectivity index (χ0v) is 13.3. The van der Waals surface area contributed by atoms with Crippen LogP contribution in [0.5, 0.6) is 0 Å². The van der Waals surface area contributed by atoms with Gasteiger partial charge in [-0.25, -0.2) is 9.48 Å². The summed E-state index contributed by atoms with van der Waals surface area (Å²) in [4.78, 5) is 22.6. The number of rotatable bonds is 5. The molecule has 1 heterocycles. The molecule has 1 aromatic heterocycles. The van der Waals surface area contributed by atoms with Gasteiger partial charge in [-0.15, -0.1) is 0 Å². The minimum Gasteiger partial charge on any atom is -0.458 e. The van der Waals surface area contributed by atoms with Crippen LogP contribution in [0.15, 0.2) is 30.9 Å². The molecule has 2 aromatic rings. The van der Waals surface area contributed by atoms with Crippen LogP contribution in [0.4, 0.5) is 5.69 Å². The van der Waals surface area contributed by atoms with E-state index in [2.05, 4.69) is 11.7 Å². The van der Waals surface area contributed by atoms with Crippen molar-refractivity contribution in [3.63, 3.8) is 0 Å². The first-order valence-corrected chi connectivity index (χ1v) is 7.03. The highest BCUT2D eigenvalue weighted by Gasteiger charge is 2.23. The van der Waals surface area contributed by atoms with E-state index in [-0.39, 0.29) is 22.9 Å². The molecule has 0 unspecified atom stereocenters. The molecule has 0 saturated heterocycles. The van der Waals surface area contributed by atoms with Crippen LogP contribution in [0.1, 0.15) is 21.7 Å². The number of hydrogen-bond acceptors (Lipinski definition) is 5. The molecule has 0 bridgehead atoms. The standard InChI is InChI=1S/C15H14ClN3O4/c1-4-7-23-15(20)12-8-11(5-6-13(12)16)18-10(3)14(19(21)22)9(2)17-18/h4-6,8H,1,7H2,2-3H3. The van der Waals surface area contributed by atoms with Crippen molar-refractivity contribution in [2.45, 2.75) is 13.8 Å². The number of halogens is 1. The number of nitrogens with zero attached hydrogens (tertiary/aromatic N) is 3. The summed E-state index contributed by atoms with van der Waals surface area (Å²) >= 11 is 6.02. The van der Waals surface area contributed by atoms with E-state index in [1.807, 2.05) is 0 Å². The number of carbonyl (C=O) groups is 1. The molecule has 8 heteroatoms. The highest BCUT2D eigenvalue weighted by molar-refractivity contribution is 6.33. The largest absolute Gasteiger partial charge is 0.458 e. The average molecular weight is 336 g/mol. The average Bonchev–Trinajstić information content (AvgIpc) is 2.80. The lowest BCUT2D eigenvalue weighted by molar-refractivity contribution is -0.386. The Labute approximate surface area is 137 Å². The molecule has 0 aliphatic heterocycles. The maximum atomic E-state index is 12.0. The van der Waals surface area contributed by atoms with Crippen molar-refractivity contribution in [3.8, 4) is 5.69 Å². The van der Waals surface area contributed by atoms with Crippen molar-refractivity contribution < 1.29 is 14.5 Å². The van der Waals surface area contributed by atoms with Crippen LogP contribution in [0.25, 0.3) is 5.69 Å². The molecular formula is C15H14ClN3O4. The van der Waals surface area contributed by atoms with Gasteiger partial charge in [-0.3, -0.25) is 10.1 Å². The van der Waals surface area contributed by atoms with Gasteiger partial charge in [0.15, 0.2) is 0 Å². The number of esters is 1. The van der Waals surface area contributed by atoms with Gasteiger partial charge < -0.3 is 4.74 Å². The molecule has 7 nitrogen and oxygen atoms in total. The summed E-state index contributed by atoms with van der Waals surface area (Å²) in [5.74, 6) is -0.604. The summed E-state index contributed by atoms with van der Waals surface area (Å²) in [6.45, 7) is 6.66. The highest BCUT2D eigenvalue weighted by Crippen LogP contribution is 2.27. The summed E-state index contributed by atoms with van der Waals surface area (Å²) in [6, 6.07) is 4.62. The Morgan fingerprint density at radius 2 is 2.22 bits per heavy atom. The van der Waals surface area contributed by atoms with E-state index in [1.54, 1.807) is 19.9 Å². The number of nitro groups is 1. The molecule has 1 aromatic carbocycles. The third-order valence-corrected chi connectivity index (χ3v) is 3.51. The second-order valence-electron chi connectivity index (χ2n) is 4.74. The molecule has 0 spiro atoms. The molecular weight excluding hydrogens is 322 g/mol. The molecule has 0 amide bonds. The van der Waals surface area contributed by atoms with E-state index >= 15 is 0 Å². The zero-order valence-electron chi connectivity index (χ0n) is 12.6. The second kappa shape index (κ2) is 6.62. The van der Waals surface area contributed by atoms with Gasteiger partial charge in [-0.2, -0.15) is 5.10 Å². The lowest BCUT2D eigenvalue weighted by atomic mass is 10.2. The van der Waals surface area contributed by atoms with E-state index in [0.29, 0.717) is 17.1 Å². The first kappa shape index (κ1) is 16.7. The summed E-state index contributed by atoms with van der Waals surface area (Å²) in [5, 5.41) is 15.5. The maximum Gasteiger partial charge on any atom is 0.340 e. The second-order valence-corrected chi connectivity index (χ2v) is 5.15. The minimum absolute atomic E-state index is 0.0595. The molecule has 0 aliphatic rings. The van der Waals surface area contributed by atoms with Crippen LogP contribution in [0.2, 0.25) is 5.02 Å². The normalized spacial score (nSPS) is 10.4. The van der Waals surface area contributed by atoms with Crippen LogP contribution in [-0.4, -0.2) is 27.3 Å². The topological polar surface area (TPSA) is 87.3 Å². The third kappa shape index (κ3) is 3.24. The van der Waals surface area contributed by atoms with Gasteiger partial charge in [0, 0.05) is 0 Å². The Morgan fingerprint density at radius 1 is 1.52 bits per heavy atom. The van der Waals surface area contributed by atoms with Crippen LogP contribution in [0, 0.1) is 24.0 Å². The fraction of sp³-hybridized carbons (Fsp3) is 0.200. The summed E-state index contributed by atoms with van der Waals surface area (Å²) < 4.78 is 6.36. The fourth-order valence-electron chi connectivity index (χ4n) is 2.16. The van der Waals surface area contributed by atoms with E-state index in [1.165, 1.54) is 22.9 Å². The van der Waals surface area contributed by atoms with Crippen molar-refractivity contribution in [1.29, 1.82) is 0 Å². The SMILES string of the molecule is C=CCOC(=O)c1cc(-n2nc(C)c([N+](=O)[O-])c2C)ccc1Cl. The number of carbonyl (C=O) groups excluding carboxylic acids is 1. The number of aromatic nitrogens is 2. The van der Waals surface area contributed by atoms with Crippen molar-refractivity contribution in [2.75, 3.05) is 6.61 Å². The predicted molar refractivity (Wildman–Crippen MR) is 85.2 cm³/mol. The Bertz CT molecular complexity index is 798. The van der Waals surface area contributed by atoms with E-state index in [4.69, 9.17) is 16.3 Å². The molecule has 120 valence electrons. The van der Waals surface area contributed by atoms with E-state index in [0.717, 1.165) is 0 Å². The minimum atomic E-state index is -0.604. The van der Waals surface area contributed by atoms with Crippen molar-refractivity contribution >= 4 is 23.3 Å². The summed E-state index contributed by atoms with van der Waals surface area (Å²) in [6.07, 6.45) is 1.44. The zero-order chi connectivity index (χ0) is 17.1. The van der Waals surface area contributed by atoms with Crippen LogP contribution >= 0.6 is 11.6 Å². The Morgan fingerprint density at radius 3 is 2.78 bits per heavy atom. The monoisotopic (exact) mass is 335 g/mol. The molecule has 0 saturated carbocycles. The first-order valence-electron chi connectivity index (χ1n) is 6.65. The van der Waals surface area contributed by atoms with Crippen LogP contribution in [0.3, 0.4) is 0 Å². The molecule has 0 N–H and O–H groups in total. The molecule has 2 rings (SSSR count). The van der Waals surface area contributed by atoms with Gasteiger partial charge in [-0.1, -0.05) is 24.3 Å². The molecule has 0 fully saturated rings. The number of hydrogen-bond donors (Lipinski definition) is 0.